The molecule has 0 aliphatic carbocycles. The second-order valence-electron chi connectivity index (χ2n) is 5.88. The summed E-state index contributed by atoms with van der Waals surface area (Å²) in [7, 11) is 0. The first-order valence-electron chi connectivity index (χ1n) is 8.22. The number of amides is 1. The molecule has 0 aliphatic rings. The van der Waals surface area contributed by atoms with Gasteiger partial charge in [-0.15, -0.1) is 0 Å². The van der Waals surface area contributed by atoms with E-state index in [1.807, 2.05) is 24.3 Å². The number of para-hydroxylation sites is 1. The molecule has 0 saturated heterocycles. The standard InChI is InChI=1S/C19H22N2O4/c1-4-13(2)16-7-5-6-8-17(16)20-18(22)14(3)25-19(23)15-9-11-21(24)12-10-15/h5-14H,4H2,1-3H3,(H,20,22)/t13-,14+/m1/s1. The Bertz CT molecular complexity index is 743. The summed E-state index contributed by atoms with van der Waals surface area (Å²) < 4.78 is 5.74. The maximum absolute atomic E-state index is 12.4. The van der Waals surface area contributed by atoms with Crippen molar-refractivity contribution in [3.05, 3.63) is 65.1 Å². The lowest BCUT2D eigenvalue weighted by Crippen LogP contribution is -2.31. The third-order valence-electron chi connectivity index (χ3n) is 4.05. The molecule has 0 fully saturated rings. The van der Waals surface area contributed by atoms with Crippen molar-refractivity contribution in [2.24, 2.45) is 0 Å². The number of esters is 1. The van der Waals surface area contributed by atoms with E-state index in [2.05, 4.69) is 19.2 Å². The van der Waals surface area contributed by atoms with Crippen LogP contribution in [0.5, 0.6) is 0 Å². The summed E-state index contributed by atoms with van der Waals surface area (Å²) in [4.78, 5) is 24.4. The molecule has 1 aromatic heterocycles. The number of carbonyl (C=O) groups is 2. The lowest BCUT2D eigenvalue weighted by atomic mass is 9.97. The van der Waals surface area contributed by atoms with E-state index in [1.165, 1.54) is 31.5 Å². The zero-order valence-corrected chi connectivity index (χ0v) is 14.6. The van der Waals surface area contributed by atoms with E-state index in [0.29, 0.717) is 10.6 Å². The SMILES string of the molecule is CC[C@@H](C)c1ccccc1NC(=O)[C@H](C)OC(=O)c1cc[n+]([O-])cc1. The van der Waals surface area contributed by atoms with Gasteiger partial charge in [-0.2, -0.15) is 4.73 Å². The molecule has 0 saturated carbocycles. The van der Waals surface area contributed by atoms with Crippen molar-refractivity contribution in [2.75, 3.05) is 5.32 Å². The molecule has 2 rings (SSSR count). The smallest absolute Gasteiger partial charge is 0.339 e. The highest BCUT2D eigenvalue weighted by molar-refractivity contribution is 5.97. The molecule has 2 atom stereocenters. The van der Waals surface area contributed by atoms with Crippen LogP contribution in [-0.4, -0.2) is 18.0 Å². The van der Waals surface area contributed by atoms with Crippen LogP contribution in [0.15, 0.2) is 48.8 Å². The molecule has 6 nitrogen and oxygen atoms in total. The molecule has 25 heavy (non-hydrogen) atoms. The average Bonchev–Trinajstić information content (AvgIpc) is 2.61. The molecule has 1 aromatic carbocycles. The maximum atomic E-state index is 12.4. The summed E-state index contributed by atoms with van der Waals surface area (Å²) in [5.74, 6) is -0.755. The Morgan fingerprint density at radius 3 is 2.44 bits per heavy atom. The van der Waals surface area contributed by atoms with Gasteiger partial charge in [-0.25, -0.2) is 4.79 Å². The molecular weight excluding hydrogens is 320 g/mol. The number of hydrogen-bond donors (Lipinski definition) is 1. The normalized spacial score (nSPS) is 12.9. The van der Waals surface area contributed by atoms with E-state index in [0.717, 1.165) is 17.7 Å². The molecule has 132 valence electrons. The molecule has 0 aliphatic heterocycles. The fourth-order valence-electron chi connectivity index (χ4n) is 2.33. The molecule has 2 aromatic rings. The molecule has 0 radical (unpaired) electrons. The number of nitrogens with one attached hydrogen (secondary N) is 1. The Morgan fingerprint density at radius 1 is 1.16 bits per heavy atom. The summed E-state index contributed by atoms with van der Waals surface area (Å²) in [6, 6.07) is 10.3. The van der Waals surface area contributed by atoms with Crippen LogP contribution in [0.25, 0.3) is 0 Å². The van der Waals surface area contributed by atoms with Gasteiger partial charge in [0.15, 0.2) is 18.5 Å². The molecular formula is C19H22N2O4. The van der Waals surface area contributed by atoms with Crippen molar-refractivity contribution in [1.29, 1.82) is 0 Å². The van der Waals surface area contributed by atoms with Crippen molar-refractivity contribution in [3.8, 4) is 0 Å². The van der Waals surface area contributed by atoms with Gasteiger partial charge >= 0.3 is 5.97 Å². The van der Waals surface area contributed by atoms with Gasteiger partial charge in [0.1, 0.15) is 0 Å². The van der Waals surface area contributed by atoms with E-state index in [-0.39, 0.29) is 5.56 Å². The Kier molecular flexibility index (Phi) is 6.11. The number of anilines is 1. The summed E-state index contributed by atoms with van der Waals surface area (Å²) in [6.45, 7) is 5.68. The van der Waals surface area contributed by atoms with Crippen LogP contribution in [0.2, 0.25) is 0 Å². The van der Waals surface area contributed by atoms with Gasteiger partial charge in [-0.1, -0.05) is 32.0 Å². The molecule has 1 heterocycles. The second-order valence-corrected chi connectivity index (χ2v) is 5.88. The molecule has 0 spiro atoms. The highest BCUT2D eigenvalue weighted by Gasteiger charge is 2.21. The number of pyridine rings is 1. The van der Waals surface area contributed by atoms with Crippen molar-refractivity contribution < 1.29 is 19.1 Å². The quantitative estimate of drug-likeness (QED) is 0.497. The van der Waals surface area contributed by atoms with Crippen LogP contribution in [0.3, 0.4) is 0 Å². The van der Waals surface area contributed by atoms with Crippen molar-refractivity contribution in [3.63, 3.8) is 0 Å². The van der Waals surface area contributed by atoms with E-state index < -0.39 is 18.0 Å². The first-order valence-corrected chi connectivity index (χ1v) is 8.22. The number of carbonyl (C=O) groups excluding carboxylic acids is 2. The Labute approximate surface area is 147 Å². The first-order chi connectivity index (χ1) is 11.9. The molecule has 6 heteroatoms. The van der Waals surface area contributed by atoms with Gasteiger partial charge in [0.25, 0.3) is 5.91 Å². The Hall–Kier alpha value is -2.89. The molecule has 0 unspecified atom stereocenters. The van der Waals surface area contributed by atoms with Crippen molar-refractivity contribution >= 4 is 17.6 Å². The van der Waals surface area contributed by atoms with E-state index in [4.69, 9.17) is 4.74 Å². The summed E-state index contributed by atoms with van der Waals surface area (Å²) in [5.41, 5.74) is 1.98. The minimum atomic E-state index is -0.961. The molecule has 1 amide bonds. The zero-order valence-electron chi connectivity index (χ0n) is 14.6. The summed E-state index contributed by atoms with van der Waals surface area (Å²) in [6.07, 6.45) is 2.38. The summed E-state index contributed by atoms with van der Waals surface area (Å²) in [5, 5.41) is 13.8. The predicted molar refractivity (Wildman–Crippen MR) is 94.1 cm³/mol. The minimum absolute atomic E-state index is 0.215. The fraction of sp³-hybridized carbons (Fsp3) is 0.316. The minimum Gasteiger partial charge on any atom is -0.619 e. The monoisotopic (exact) mass is 342 g/mol. The van der Waals surface area contributed by atoms with E-state index >= 15 is 0 Å². The van der Waals surface area contributed by atoms with Crippen LogP contribution in [0.1, 0.15) is 49.0 Å². The fourth-order valence-corrected chi connectivity index (χ4v) is 2.33. The maximum Gasteiger partial charge on any atom is 0.339 e. The second kappa shape index (κ2) is 8.28. The third-order valence-corrected chi connectivity index (χ3v) is 4.05. The van der Waals surface area contributed by atoms with Crippen LogP contribution >= 0.6 is 0 Å². The third kappa shape index (κ3) is 4.79. The largest absolute Gasteiger partial charge is 0.619 e. The van der Waals surface area contributed by atoms with E-state index in [9.17, 15) is 14.8 Å². The van der Waals surface area contributed by atoms with Crippen LogP contribution in [0.4, 0.5) is 5.69 Å². The molecule has 0 bridgehead atoms. The van der Waals surface area contributed by atoms with Crippen LogP contribution in [0, 0.1) is 5.21 Å². The van der Waals surface area contributed by atoms with E-state index in [1.54, 1.807) is 0 Å². The number of aromatic nitrogens is 1. The number of rotatable bonds is 6. The van der Waals surface area contributed by atoms with Crippen LogP contribution < -0.4 is 10.0 Å². The van der Waals surface area contributed by atoms with Gasteiger partial charge in [-0.05, 0) is 30.9 Å². The van der Waals surface area contributed by atoms with Crippen molar-refractivity contribution in [1.82, 2.24) is 0 Å². The van der Waals surface area contributed by atoms with Gasteiger partial charge in [0.2, 0.25) is 0 Å². The average molecular weight is 342 g/mol. The summed E-state index contributed by atoms with van der Waals surface area (Å²) >= 11 is 0. The lowest BCUT2D eigenvalue weighted by Gasteiger charge is -2.18. The number of nitrogens with zero attached hydrogens (tertiary/aromatic N) is 1. The number of ether oxygens (including phenoxy) is 1. The Morgan fingerprint density at radius 2 is 1.80 bits per heavy atom. The highest BCUT2D eigenvalue weighted by Crippen LogP contribution is 2.26. The first kappa shape index (κ1) is 18.4. The number of benzene rings is 1. The lowest BCUT2D eigenvalue weighted by molar-refractivity contribution is -0.605. The highest BCUT2D eigenvalue weighted by atomic mass is 16.5. The number of hydrogen-bond acceptors (Lipinski definition) is 4. The van der Waals surface area contributed by atoms with Gasteiger partial charge in [0.05, 0.1) is 5.56 Å². The predicted octanol–water partition coefficient (Wildman–Crippen LogP) is 3.02. The topological polar surface area (TPSA) is 82.3 Å². The molecule has 1 N–H and O–H groups in total. The van der Waals surface area contributed by atoms with Crippen molar-refractivity contribution in [2.45, 2.75) is 39.2 Å². The van der Waals surface area contributed by atoms with Gasteiger partial charge in [0, 0.05) is 17.8 Å². The van der Waals surface area contributed by atoms with Gasteiger partial charge in [-0.3, -0.25) is 4.79 Å². The van der Waals surface area contributed by atoms with Gasteiger partial charge < -0.3 is 15.3 Å². The zero-order chi connectivity index (χ0) is 18.4. The van der Waals surface area contributed by atoms with Crippen LogP contribution in [-0.2, 0) is 9.53 Å². The Balaban J connectivity index is 2.03.